The molecule has 0 bridgehead atoms. The summed E-state index contributed by atoms with van der Waals surface area (Å²) in [7, 11) is 0. The molecule has 1 amide bonds. The highest BCUT2D eigenvalue weighted by Gasteiger charge is 2.36. The lowest BCUT2D eigenvalue weighted by atomic mass is 9.93. The fourth-order valence-corrected chi connectivity index (χ4v) is 4.04. The van der Waals surface area contributed by atoms with Crippen LogP contribution in [0.1, 0.15) is 59.5 Å². The highest BCUT2D eigenvalue weighted by atomic mass is 19.4. The number of nitrogens with two attached hydrogens (primary N) is 1. The van der Waals surface area contributed by atoms with Gasteiger partial charge in [0.25, 0.3) is 5.91 Å². The average Bonchev–Trinajstić information content (AvgIpc) is 2.73. The van der Waals surface area contributed by atoms with Crippen molar-refractivity contribution in [3.05, 3.63) is 59.2 Å². The van der Waals surface area contributed by atoms with E-state index in [0.29, 0.717) is 23.4 Å². The number of fused-ring (bicyclic) bond motifs is 1. The Hall–Kier alpha value is -3.23. The molecule has 2 atom stereocenters. The molecule has 0 spiro atoms. The van der Waals surface area contributed by atoms with Crippen LogP contribution in [-0.2, 0) is 6.18 Å². The van der Waals surface area contributed by atoms with Crippen LogP contribution < -0.4 is 5.73 Å². The number of nitrogens with zero attached hydrogens (tertiary/aromatic N) is 4. The molecule has 0 radical (unpaired) electrons. The lowest BCUT2D eigenvalue weighted by Crippen LogP contribution is -2.44. The molecule has 1 fully saturated rings. The van der Waals surface area contributed by atoms with Gasteiger partial charge in [0, 0.05) is 17.6 Å². The van der Waals surface area contributed by atoms with E-state index in [1.54, 1.807) is 11.0 Å². The SMILES string of the molecule is Cc1cc2cc(C(=O)N3C(C)CCCC3c3ccc(C(F)(F)F)cn3)ncc2nc1N. The van der Waals surface area contributed by atoms with Crippen molar-refractivity contribution in [1.29, 1.82) is 0 Å². The summed E-state index contributed by atoms with van der Waals surface area (Å²) in [6, 6.07) is 5.38. The lowest BCUT2D eigenvalue weighted by Gasteiger charge is -2.40. The molecular weight excluding hydrogens is 407 g/mol. The molecule has 3 aromatic heterocycles. The van der Waals surface area contributed by atoms with Crippen LogP contribution in [0, 0.1) is 6.92 Å². The van der Waals surface area contributed by atoms with E-state index in [1.807, 2.05) is 19.9 Å². The van der Waals surface area contributed by atoms with Crippen molar-refractivity contribution in [2.24, 2.45) is 0 Å². The van der Waals surface area contributed by atoms with Gasteiger partial charge in [0.05, 0.1) is 29.0 Å². The van der Waals surface area contributed by atoms with Crippen LogP contribution in [0.3, 0.4) is 0 Å². The minimum atomic E-state index is -4.45. The number of rotatable bonds is 2. The van der Waals surface area contributed by atoms with Crippen LogP contribution in [-0.4, -0.2) is 31.8 Å². The second-order valence-corrected chi connectivity index (χ2v) is 7.93. The first-order valence-corrected chi connectivity index (χ1v) is 10.0. The Bertz CT molecular complexity index is 1130. The van der Waals surface area contributed by atoms with Gasteiger partial charge in [0.1, 0.15) is 11.5 Å². The summed E-state index contributed by atoms with van der Waals surface area (Å²) in [5.41, 5.74) is 7.13. The number of carbonyl (C=O) groups is 1. The minimum Gasteiger partial charge on any atom is -0.383 e. The van der Waals surface area contributed by atoms with Crippen LogP contribution in [0.4, 0.5) is 19.0 Å². The van der Waals surface area contributed by atoms with Crippen LogP contribution in [0.15, 0.2) is 36.7 Å². The number of halogens is 3. The van der Waals surface area contributed by atoms with Gasteiger partial charge in [-0.1, -0.05) is 0 Å². The number of amides is 1. The largest absolute Gasteiger partial charge is 0.417 e. The Morgan fingerprint density at radius 1 is 1.16 bits per heavy atom. The zero-order valence-electron chi connectivity index (χ0n) is 17.1. The third-order valence-electron chi connectivity index (χ3n) is 5.75. The summed E-state index contributed by atoms with van der Waals surface area (Å²) in [5.74, 6) is 0.127. The molecule has 2 N–H and O–H groups in total. The number of nitrogen functional groups attached to an aromatic ring is 1. The number of piperidine rings is 1. The number of likely N-dealkylation sites (tertiary alicyclic amines) is 1. The van der Waals surface area contributed by atoms with E-state index < -0.39 is 17.8 Å². The quantitative estimate of drug-likeness (QED) is 0.639. The Morgan fingerprint density at radius 2 is 1.94 bits per heavy atom. The van der Waals surface area contributed by atoms with Gasteiger partial charge in [-0.2, -0.15) is 13.2 Å². The zero-order valence-corrected chi connectivity index (χ0v) is 17.1. The fraction of sp³-hybridized carbons (Fsp3) is 0.364. The second kappa shape index (κ2) is 7.79. The zero-order chi connectivity index (χ0) is 22.3. The number of carbonyl (C=O) groups excluding carboxylic acids is 1. The second-order valence-electron chi connectivity index (χ2n) is 7.93. The Morgan fingerprint density at radius 3 is 2.61 bits per heavy atom. The molecule has 4 rings (SSSR count). The first kappa shape index (κ1) is 21.0. The van der Waals surface area contributed by atoms with Gasteiger partial charge in [0.2, 0.25) is 0 Å². The van der Waals surface area contributed by atoms with Crippen LogP contribution in [0.2, 0.25) is 0 Å². The van der Waals surface area contributed by atoms with Crippen molar-refractivity contribution in [3.63, 3.8) is 0 Å². The molecule has 1 aliphatic heterocycles. The molecule has 31 heavy (non-hydrogen) atoms. The van der Waals surface area contributed by atoms with E-state index in [1.165, 1.54) is 12.3 Å². The monoisotopic (exact) mass is 429 g/mol. The van der Waals surface area contributed by atoms with Crippen molar-refractivity contribution < 1.29 is 18.0 Å². The van der Waals surface area contributed by atoms with Crippen molar-refractivity contribution in [3.8, 4) is 0 Å². The maximum absolute atomic E-state index is 13.4. The van der Waals surface area contributed by atoms with Gasteiger partial charge in [-0.3, -0.25) is 9.78 Å². The first-order valence-electron chi connectivity index (χ1n) is 10.0. The third kappa shape index (κ3) is 4.04. The molecule has 0 aliphatic carbocycles. The third-order valence-corrected chi connectivity index (χ3v) is 5.75. The van der Waals surface area contributed by atoms with E-state index in [9.17, 15) is 18.0 Å². The molecule has 6 nitrogen and oxygen atoms in total. The Balaban J connectivity index is 1.69. The van der Waals surface area contributed by atoms with Crippen LogP contribution in [0.5, 0.6) is 0 Å². The van der Waals surface area contributed by atoms with Crippen molar-refractivity contribution in [2.45, 2.75) is 51.4 Å². The number of anilines is 1. The molecule has 4 heterocycles. The number of aryl methyl sites for hydroxylation is 1. The summed E-state index contributed by atoms with van der Waals surface area (Å²) in [5, 5.41) is 0.749. The van der Waals surface area contributed by atoms with Gasteiger partial charge in [-0.25, -0.2) is 9.97 Å². The van der Waals surface area contributed by atoms with Crippen LogP contribution >= 0.6 is 0 Å². The highest BCUT2D eigenvalue weighted by Crippen LogP contribution is 2.36. The van der Waals surface area contributed by atoms with Crippen molar-refractivity contribution >= 4 is 22.6 Å². The van der Waals surface area contributed by atoms with E-state index >= 15 is 0 Å². The molecule has 1 aliphatic rings. The van der Waals surface area contributed by atoms with Gasteiger partial charge in [0.15, 0.2) is 0 Å². The fourth-order valence-electron chi connectivity index (χ4n) is 4.04. The Labute approximate surface area is 177 Å². The number of alkyl halides is 3. The number of aromatic nitrogens is 3. The van der Waals surface area contributed by atoms with Gasteiger partial charge < -0.3 is 10.6 Å². The lowest BCUT2D eigenvalue weighted by molar-refractivity contribution is -0.137. The first-order chi connectivity index (χ1) is 14.6. The highest BCUT2D eigenvalue weighted by molar-refractivity contribution is 5.96. The maximum Gasteiger partial charge on any atom is 0.417 e. The normalized spacial score (nSPS) is 19.6. The molecule has 1 saturated heterocycles. The van der Waals surface area contributed by atoms with Crippen molar-refractivity contribution in [2.75, 3.05) is 5.73 Å². The maximum atomic E-state index is 13.4. The van der Waals surface area contributed by atoms with Gasteiger partial charge >= 0.3 is 6.18 Å². The topological polar surface area (TPSA) is 85.0 Å². The van der Waals surface area contributed by atoms with Crippen molar-refractivity contribution in [1.82, 2.24) is 19.9 Å². The summed E-state index contributed by atoms with van der Waals surface area (Å²) in [6.45, 7) is 3.77. The number of hydrogen-bond acceptors (Lipinski definition) is 5. The summed E-state index contributed by atoms with van der Waals surface area (Å²) < 4.78 is 38.7. The molecule has 2 unspecified atom stereocenters. The molecule has 9 heteroatoms. The smallest absolute Gasteiger partial charge is 0.383 e. The van der Waals surface area contributed by atoms with Gasteiger partial charge in [-0.05, 0) is 62.9 Å². The van der Waals surface area contributed by atoms with E-state index in [2.05, 4.69) is 15.0 Å². The molecule has 0 aromatic carbocycles. The summed E-state index contributed by atoms with van der Waals surface area (Å²) >= 11 is 0. The van der Waals surface area contributed by atoms with E-state index in [4.69, 9.17) is 5.73 Å². The number of hydrogen-bond donors (Lipinski definition) is 1. The minimum absolute atomic E-state index is 0.0980. The van der Waals surface area contributed by atoms with Gasteiger partial charge in [-0.15, -0.1) is 0 Å². The standard InChI is InChI=1S/C22H22F3N5O/c1-12-8-14-9-17(28-11-18(14)29-20(12)26)21(31)30-13(2)4-3-5-19(30)16-7-6-15(10-27-16)22(23,24)25/h6-11,13,19H,3-5H2,1-2H3,(H2,26,29). The molecular formula is C22H22F3N5O. The van der Waals surface area contributed by atoms with E-state index in [0.717, 1.165) is 36.1 Å². The summed E-state index contributed by atoms with van der Waals surface area (Å²) in [6.07, 6.45) is 0.160. The Kier molecular flexibility index (Phi) is 5.28. The molecule has 0 saturated carbocycles. The predicted molar refractivity (Wildman–Crippen MR) is 110 cm³/mol. The predicted octanol–water partition coefficient (Wildman–Crippen LogP) is 4.69. The number of pyridine rings is 3. The van der Waals surface area contributed by atoms with Crippen LogP contribution in [0.25, 0.3) is 10.9 Å². The average molecular weight is 429 g/mol. The molecule has 3 aromatic rings. The molecule has 162 valence electrons. The van der Waals surface area contributed by atoms with E-state index in [-0.39, 0.29) is 17.6 Å². The summed E-state index contributed by atoms with van der Waals surface area (Å²) in [4.78, 5) is 27.7.